The zero-order valence-electron chi connectivity index (χ0n) is 21.5. The van der Waals surface area contributed by atoms with Gasteiger partial charge in [-0.1, -0.05) is 29.5 Å². The summed E-state index contributed by atoms with van der Waals surface area (Å²) in [6, 6.07) is 13.9. The van der Waals surface area contributed by atoms with E-state index in [2.05, 4.69) is 60.3 Å². The maximum Gasteiger partial charge on any atom is 0.337 e. The van der Waals surface area contributed by atoms with Gasteiger partial charge < -0.3 is 20.3 Å². The van der Waals surface area contributed by atoms with Gasteiger partial charge in [-0.15, -0.1) is 5.10 Å². The SMILES string of the molecule is COC(=O)c1cc(CNC(=O)N2CCc3[nH]nnc3C2)cc(-c2cnc(NC3Cc4ccccc4C3)nc2)c1. The molecule has 2 amide bonds. The highest BCUT2D eigenvalue weighted by molar-refractivity contribution is 5.91. The summed E-state index contributed by atoms with van der Waals surface area (Å²) in [5.74, 6) is 0.101. The van der Waals surface area contributed by atoms with Crippen molar-refractivity contribution in [3.63, 3.8) is 0 Å². The first-order chi connectivity index (χ1) is 19.1. The first-order valence-corrected chi connectivity index (χ1v) is 12.9. The number of nitrogens with zero attached hydrogens (tertiary/aromatic N) is 5. The Balaban J connectivity index is 1.14. The van der Waals surface area contributed by atoms with E-state index >= 15 is 0 Å². The van der Waals surface area contributed by atoms with E-state index < -0.39 is 5.97 Å². The number of ether oxygens (including phenoxy) is 1. The average Bonchev–Trinajstić information content (AvgIpc) is 3.61. The molecule has 0 saturated carbocycles. The molecule has 39 heavy (non-hydrogen) atoms. The molecule has 0 atom stereocenters. The molecule has 11 heteroatoms. The summed E-state index contributed by atoms with van der Waals surface area (Å²) in [5, 5.41) is 17.1. The zero-order valence-corrected chi connectivity index (χ0v) is 21.5. The van der Waals surface area contributed by atoms with E-state index in [1.807, 2.05) is 6.07 Å². The molecule has 3 heterocycles. The van der Waals surface area contributed by atoms with Gasteiger partial charge in [-0.05, 0) is 53.3 Å². The Morgan fingerprint density at radius 2 is 1.85 bits per heavy atom. The Morgan fingerprint density at radius 1 is 1.08 bits per heavy atom. The maximum atomic E-state index is 12.8. The number of nitrogens with one attached hydrogen (secondary N) is 3. The predicted molar refractivity (Wildman–Crippen MR) is 143 cm³/mol. The summed E-state index contributed by atoms with van der Waals surface area (Å²) in [6.45, 7) is 1.21. The third-order valence-corrected chi connectivity index (χ3v) is 7.19. The molecule has 1 aliphatic carbocycles. The number of aromatic nitrogens is 5. The van der Waals surface area contributed by atoms with Crippen LogP contribution in [-0.2, 0) is 37.1 Å². The van der Waals surface area contributed by atoms with Crippen molar-refractivity contribution in [3.05, 3.63) is 88.5 Å². The predicted octanol–water partition coefficient (Wildman–Crippen LogP) is 2.90. The lowest BCUT2D eigenvalue weighted by Gasteiger charge is -2.25. The van der Waals surface area contributed by atoms with Gasteiger partial charge in [0, 0.05) is 43.5 Å². The number of rotatable bonds is 6. The fraction of sp³-hybridized carbons (Fsp3) is 0.286. The normalized spacial score (nSPS) is 14.4. The second-order valence-electron chi connectivity index (χ2n) is 9.79. The van der Waals surface area contributed by atoms with E-state index in [0.29, 0.717) is 31.0 Å². The zero-order chi connectivity index (χ0) is 26.8. The van der Waals surface area contributed by atoms with Crippen molar-refractivity contribution < 1.29 is 14.3 Å². The number of hydrogen-bond donors (Lipinski definition) is 3. The molecule has 2 aromatic heterocycles. The number of anilines is 1. The monoisotopic (exact) mass is 524 g/mol. The molecule has 0 spiro atoms. The Bertz CT molecular complexity index is 1490. The lowest BCUT2D eigenvalue weighted by Crippen LogP contribution is -2.42. The number of H-pyrrole nitrogens is 1. The number of carbonyl (C=O) groups is 2. The molecular weight excluding hydrogens is 496 g/mol. The van der Waals surface area contributed by atoms with Gasteiger partial charge in [0.2, 0.25) is 5.95 Å². The van der Waals surface area contributed by atoms with Crippen LogP contribution in [0, 0.1) is 0 Å². The van der Waals surface area contributed by atoms with Crippen LogP contribution < -0.4 is 10.6 Å². The van der Waals surface area contributed by atoms with Crippen molar-refractivity contribution in [2.24, 2.45) is 0 Å². The van der Waals surface area contributed by atoms with E-state index in [1.165, 1.54) is 18.2 Å². The van der Waals surface area contributed by atoms with E-state index in [9.17, 15) is 9.59 Å². The van der Waals surface area contributed by atoms with Crippen LogP contribution in [0.5, 0.6) is 0 Å². The van der Waals surface area contributed by atoms with Crippen LogP contribution in [0.15, 0.2) is 54.9 Å². The summed E-state index contributed by atoms with van der Waals surface area (Å²) in [6.07, 6.45) is 6.03. The van der Waals surface area contributed by atoms with Gasteiger partial charge in [0.05, 0.1) is 24.9 Å². The third-order valence-electron chi connectivity index (χ3n) is 7.19. The Kier molecular flexibility index (Phi) is 6.62. The molecular formula is C28H28N8O3. The van der Waals surface area contributed by atoms with E-state index in [-0.39, 0.29) is 18.6 Å². The first kappa shape index (κ1) is 24.5. The number of methoxy groups -OCH3 is 1. The molecule has 2 aliphatic rings. The molecule has 198 valence electrons. The van der Waals surface area contributed by atoms with Crippen LogP contribution in [-0.4, -0.2) is 62.0 Å². The van der Waals surface area contributed by atoms with Crippen molar-refractivity contribution in [2.45, 2.75) is 38.4 Å². The van der Waals surface area contributed by atoms with Gasteiger partial charge in [-0.2, -0.15) is 0 Å². The molecule has 4 aromatic rings. The number of urea groups is 1. The Labute approximate surface area is 225 Å². The molecule has 6 rings (SSSR count). The number of hydrogen-bond acceptors (Lipinski definition) is 8. The topological polar surface area (TPSA) is 138 Å². The highest BCUT2D eigenvalue weighted by Crippen LogP contribution is 2.25. The summed E-state index contributed by atoms with van der Waals surface area (Å²) < 4.78 is 4.96. The minimum Gasteiger partial charge on any atom is -0.465 e. The highest BCUT2D eigenvalue weighted by atomic mass is 16.5. The molecule has 0 bridgehead atoms. The van der Waals surface area contributed by atoms with Crippen LogP contribution >= 0.6 is 0 Å². The first-order valence-electron chi connectivity index (χ1n) is 12.9. The van der Waals surface area contributed by atoms with Crippen LogP contribution in [0.4, 0.5) is 10.7 Å². The van der Waals surface area contributed by atoms with Crippen LogP contribution in [0.2, 0.25) is 0 Å². The molecule has 11 nitrogen and oxygen atoms in total. The second kappa shape index (κ2) is 10.5. The van der Waals surface area contributed by atoms with Gasteiger partial charge in [0.1, 0.15) is 5.69 Å². The summed E-state index contributed by atoms with van der Waals surface area (Å²) in [7, 11) is 1.34. The van der Waals surface area contributed by atoms with Gasteiger partial charge in [-0.25, -0.2) is 19.6 Å². The Morgan fingerprint density at radius 3 is 2.59 bits per heavy atom. The number of amides is 2. The summed E-state index contributed by atoms with van der Waals surface area (Å²) >= 11 is 0. The minimum absolute atomic E-state index is 0.207. The van der Waals surface area contributed by atoms with Gasteiger partial charge in [0.25, 0.3) is 0 Å². The molecule has 3 N–H and O–H groups in total. The number of carbonyl (C=O) groups excluding carboxylic acids is 2. The number of esters is 1. The van der Waals surface area contributed by atoms with Crippen molar-refractivity contribution >= 4 is 17.9 Å². The van der Waals surface area contributed by atoms with E-state index in [0.717, 1.165) is 40.9 Å². The Hall–Kier alpha value is -4.80. The molecule has 1 aliphatic heterocycles. The summed E-state index contributed by atoms with van der Waals surface area (Å²) in [5.41, 5.74) is 7.10. The lowest BCUT2D eigenvalue weighted by molar-refractivity contribution is 0.0600. The molecule has 0 radical (unpaired) electrons. The van der Waals surface area contributed by atoms with Crippen molar-refractivity contribution in [3.8, 4) is 11.1 Å². The van der Waals surface area contributed by atoms with Crippen molar-refractivity contribution in [1.29, 1.82) is 0 Å². The third kappa shape index (κ3) is 5.28. The number of fused-ring (bicyclic) bond motifs is 2. The highest BCUT2D eigenvalue weighted by Gasteiger charge is 2.24. The molecule has 2 aromatic carbocycles. The van der Waals surface area contributed by atoms with Gasteiger partial charge >= 0.3 is 12.0 Å². The number of benzene rings is 2. The lowest BCUT2D eigenvalue weighted by atomic mass is 10.0. The van der Waals surface area contributed by atoms with Gasteiger partial charge in [-0.3, -0.25) is 5.10 Å². The standard InChI is InChI=1S/C28H28N8O3/c1-39-26(37)21-9-17(13-31-28(38)36-7-6-24-25(16-36)34-35-33-24)8-20(10-21)22-14-29-27(30-15-22)32-23-11-18-4-2-3-5-19(18)12-23/h2-5,8-10,14-15,23H,6-7,11-13,16H2,1H3,(H,31,38)(H,29,30,32)(H,33,34,35). The quantitative estimate of drug-likeness (QED) is 0.328. The molecule has 0 unspecified atom stereocenters. The largest absolute Gasteiger partial charge is 0.465 e. The summed E-state index contributed by atoms with van der Waals surface area (Å²) in [4.78, 5) is 36.0. The van der Waals surface area contributed by atoms with Crippen LogP contribution in [0.3, 0.4) is 0 Å². The minimum atomic E-state index is -0.459. The van der Waals surface area contributed by atoms with Crippen molar-refractivity contribution in [1.82, 2.24) is 35.6 Å². The van der Waals surface area contributed by atoms with Gasteiger partial charge in [0.15, 0.2) is 0 Å². The second-order valence-corrected chi connectivity index (χ2v) is 9.79. The molecule has 0 saturated heterocycles. The van der Waals surface area contributed by atoms with Crippen LogP contribution in [0.1, 0.15) is 38.4 Å². The van der Waals surface area contributed by atoms with Crippen molar-refractivity contribution in [2.75, 3.05) is 19.0 Å². The smallest absolute Gasteiger partial charge is 0.337 e. The fourth-order valence-corrected chi connectivity index (χ4v) is 5.16. The number of aromatic amines is 1. The van der Waals surface area contributed by atoms with E-state index in [1.54, 1.807) is 29.4 Å². The fourth-order valence-electron chi connectivity index (χ4n) is 5.16. The van der Waals surface area contributed by atoms with E-state index in [4.69, 9.17) is 4.74 Å². The van der Waals surface area contributed by atoms with Crippen LogP contribution in [0.25, 0.3) is 11.1 Å². The average molecular weight is 525 g/mol. The maximum absolute atomic E-state index is 12.8. The molecule has 0 fully saturated rings.